The molecular weight excluding hydrogens is 366 g/mol. The molecule has 2 atom stereocenters. The maximum absolute atomic E-state index is 12.8. The van der Waals surface area contributed by atoms with Crippen LogP contribution in [0.5, 0.6) is 0 Å². The first kappa shape index (κ1) is 23.4. The first-order valence-corrected chi connectivity index (χ1v) is 9.05. The number of hydrogen-bond donors (Lipinski definition) is 3. The average molecular weight is 398 g/mol. The van der Waals surface area contributed by atoms with E-state index in [9.17, 15) is 9.59 Å². The van der Waals surface area contributed by atoms with Gasteiger partial charge in [0.25, 0.3) is 5.91 Å². The third-order valence-electron chi connectivity index (χ3n) is 5.11. The van der Waals surface area contributed by atoms with Gasteiger partial charge in [-0.2, -0.15) is 0 Å². The SMILES string of the molecule is CCOC1CC(N)(C(=O)Nc2cccc(C(=O)NC(C)(C)C)c2)C1(C)C.Cl. The van der Waals surface area contributed by atoms with E-state index in [-0.39, 0.29) is 35.9 Å². The molecule has 1 fully saturated rings. The van der Waals surface area contributed by atoms with Crippen LogP contribution in [-0.2, 0) is 9.53 Å². The highest BCUT2D eigenvalue weighted by atomic mass is 35.5. The lowest BCUT2D eigenvalue weighted by molar-refractivity contribution is -0.166. The van der Waals surface area contributed by atoms with Gasteiger partial charge >= 0.3 is 0 Å². The molecule has 6 nitrogen and oxygen atoms in total. The number of nitrogens with one attached hydrogen (secondary N) is 2. The van der Waals surface area contributed by atoms with Crippen molar-refractivity contribution in [3.05, 3.63) is 29.8 Å². The summed E-state index contributed by atoms with van der Waals surface area (Å²) in [5.41, 5.74) is 5.65. The van der Waals surface area contributed by atoms with E-state index in [4.69, 9.17) is 10.5 Å². The summed E-state index contributed by atoms with van der Waals surface area (Å²) in [6, 6.07) is 6.87. The summed E-state index contributed by atoms with van der Waals surface area (Å²) in [7, 11) is 0. The Labute approximate surface area is 168 Å². The molecule has 2 unspecified atom stereocenters. The largest absolute Gasteiger partial charge is 0.378 e. The van der Waals surface area contributed by atoms with Gasteiger partial charge in [-0.3, -0.25) is 9.59 Å². The van der Waals surface area contributed by atoms with Gasteiger partial charge in [0.05, 0.1) is 6.10 Å². The molecule has 1 aliphatic rings. The van der Waals surface area contributed by atoms with Crippen LogP contribution in [0.2, 0.25) is 0 Å². The average Bonchev–Trinajstić information content (AvgIpc) is 2.53. The van der Waals surface area contributed by atoms with Crippen LogP contribution in [0.25, 0.3) is 0 Å². The fourth-order valence-electron chi connectivity index (χ4n) is 3.21. The quantitative estimate of drug-likeness (QED) is 0.711. The Kier molecular flexibility index (Phi) is 7.08. The van der Waals surface area contributed by atoms with Crippen molar-refractivity contribution in [1.82, 2.24) is 5.32 Å². The fourth-order valence-corrected chi connectivity index (χ4v) is 3.21. The molecule has 2 rings (SSSR count). The van der Waals surface area contributed by atoms with Gasteiger partial charge in [-0.15, -0.1) is 12.4 Å². The monoisotopic (exact) mass is 397 g/mol. The van der Waals surface area contributed by atoms with E-state index in [1.165, 1.54) is 0 Å². The fraction of sp³-hybridized carbons (Fsp3) is 0.600. The highest BCUT2D eigenvalue weighted by Crippen LogP contribution is 2.50. The first-order chi connectivity index (χ1) is 11.9. The summed E-state index contributed by atoms with van der Waals surface area (Å²) in [5.74, 6) is -0.441. The van der Waals surface area contributed by atoms with Crippen LogP contribution in [0.4, 0.5) is 5.69 Å². The molecule has 0 aliphatic heterocycles. The Balaban J connectivity index is 0.00000364. The molecule has 0 saturated heterocycles. The van der Waals surface area contributed by atoms with Gasteiger partial charge in [0, 0.05) is 35.2 Å². The van der Waals surface area contributed by atoms with E-state index in [1.54, 1.807) is 24.3 Å². The number of nitrogens with two attached hydrogens (primary N) is 1. The summed E-state index contributed by atoms with van der Waals surface area (Å²) in [4.78, 5) is 25.1. The van der Waals surface area contributed by atoms with E-state index in [0.29, 0.717) is 24.3 Å². The molecule has 1 saturated carbocycles. The number of rotatable bonds is 5. The normalized spacial score (nSPS) is 23.6. The highest BCUT2D eigenvalue weighted by molar-refractivity contribution is 6.01. The van der Waals surface area contributed by atoms with Gasteiger partial charge in [0.2, 0.25) is 5.91 Å². The van der Waals surface area contributed by atoms with E-state index in [2.05, 4.69) is 10.6 Å². The number of amides is 2. The minimum Gasteiger partial charge on any atom is -0.378 e. The topological polar surface area (TPSA) is 93.4 Å². The standard InChI is InChI=1S/C20H31N3O3.ClH/c1-7-26-15-12-20(21,19(15,5)6)17(25)22-14-10-8-9-13(11-14)16(24)23-18(2,3)4;/h8-11,15H,7,12,21H2,1-6H3,(H,22,25)(H,23,24);1H. The summed E-state index contributed by atoms with van der Waals surface area (Å²) in [6.45, 7) is 12.2. The zero-order chi connectivity index (χ0) is 19.8. The molecule has 0 spiro atoms. The molecule has 0 aromatic heterocycles. The van der Waals surface area contributed by atoms with Crippen LogP contribution >= 0.6 is 12.4 Å². The summed E-state index contributed by atoms with van der Waals surface area (Å²) in [5, 5.41) is 5.77. The molecule has 7 heteroatoms. The number of benzene rings is 1. The molecule has 152 valence electrons. The zero-order valence-electron chi connectivity index (χ0n) is 17.0. The van der Waals surface area contributed by atoms with Crippen molar-refractivity contribution in [3.8, 4) is 0 Å². The molecule has 27 heavy (non-hydrogen) atoms. The van der Waals surface area contributed by atoms with Crippen LogP contribution in [0.15, 0.2) is 24.3 Å². The molecule has 2 amide bonds. The summed E-state index contributed by atoms with van der Waals surface area (Å²) in [6.07, 6.45) is 0.441. The highest BCUT2D eigenvalue weighted by Gasteiger charge is 2.62. The second-order valence-corrected chi connectivity index (χ2v) is 8.58. The predicted molar refractivity (Wildman–Crippen MR) is 110 cm³/mol. The molecule has 1 aromatic rings. The smallest absolute Gasteiger partial charge is 0.251 e. The Morgan fingerprint density at radius 2 is 1.93 bits per heavy atom. The van der Waals surface area contributed by atoms with Crippen molar-refractivity contribution in [3.63, 3.8) is 0 Å². The Morgan fingerprint density at radius 3 is 2.44 bits per heavy atom. The van der Waals surface area contributed by atoms with Gasteiger partial charge < -0.3 is 21.1 Å². The van der Waals surface area contributed by atoms with Crippen LogP contribution in [0.1, 0.15) is 58.3 Å². The van der Waals surface area contributed by atoms with E-state index >= 15 is 0 Å². The first-order valence-electron chi connectivity index (χ1n) is 9.05. The van der Waals surface area contributed by atoms with Gasteiger partial charge in [-0.05, 0) is 45.9 Å². The van der Waals surface area contributed by atoms with Crippen molar-refractivity contribution in [1.29, 1.82) is 0 Å². The van der Waals surface area contributed by atoms with E-state index in [0.717, 1.165) is 0 Å². The van der Waals surface area contributed by atoms with Gasteiger partial charge in [0.15, 0.2) is 0 Å². The number of carbonyl (C=O) groups is 2. The Hall–Kier alpha value is -1.63. The van der Waals surface area contributed by atoms with Crippen molar-refractivity contribution in [2.75, 3.05) is 11.9 Å². The van der Waals surface area contributed by atoms with Gasteiger partial charge in [-0.25, -0.2) is 0 Å². The van der Waals surface area contributed by atoms with Crippen molar-refractivity contribution < 1.29 is 14.3 Å². The molecular formula is C20H32ClN3O3. The lowest BCUT2D eigenvalue weighted by Gasteiger charge is -2.57. The molecule has 0 radical (unpaired) electrons. The molecule has 1 aromatic carbocycles. The van der Waals surface area contributed by atoms with Crippen LogP contribution in [0.3, 0.4) is 0 Å². The summed E-state index contributed by atoms with van der Waals surface area (Å²) < 4.78 is 5.67. The number of carbonyl (C=O) groups excluding carboxylic acids is 2. The van der Waals surface area contributed by atoms with E-state index in [1.807, 2.05) is 41.5 Å². The minimum atomic E-state index is -1.00. The van der Waals surface area contributed by atoms with Crippen LogP contribution in [0, 0.1) is 5.41 Å². The third-order valence-corrected chi connectivity index (χ3v) is 5.11. The van der Waals surface area contributed by atoms with Gasteiger partial charge in [-0.1, -0.05) is 19.9 Å². The van der Waals surface area contributed by atoms with Crippen molar-refractivity contribution in [2.24, 2.45) is 11.1 Å². The predicted octanol–water partition coefficient (Wildman–Crippen LogP) is 3.11. The second kappa shape index (κ2) is 8.17. The molecule has 1 aliphatic carbocycles. The van der Waals surface area contributed by atoms with Crippen molar-refractivity contribution in [2.45, 2.75) is 65.1 Å². The molecule has 0 bridgehead atoms. The Bertz CT molecular complexity index is 700. The molecule has 0 heterocycles. The number of anilines is 1. The zero-order valence-corrected chi connectivity index (χ0v) is 17.8. The summed E-state index contributed by atoms with van der Waals surface area (Å²) >= 11 is 0. The lowest BCUT2D eigenvalue weighted by atomic mass is 9.54. The third kappa shape index (κ3) is 4.81. The minimum absolute atomic E-state index is 0. The maximum Gasteiger partial charge on any atom is 0.251 e. The number of ether oxygens (including phenoxy) is 1. The maximum atomic E-state index is 12.8. The van der Waals surface area contributed by atoms with Crippen molar-refractivity contribution >= 4 is 29.9 Å². The van der Waals surface area contributed by atoms with Crippen LogP contribution < -0.4 is 16.4 Å². The number of hydrogen-bond acceptors (Lipinski definition) is 4. The van der Waals surface area contributed by atoms with Gasteiger partial charge in [0.1, 0.15) is 5.54 Å². The lowest BCUT2D eigenvalue weighted by Crippen LogP contribution is -2.74. The number of halogens is 1. The Morgan fingerprint density at radius 1 is 1.30 bits per heavy atom. The van der Waals surface area contributed by atoms with E-state index < -0.39 is 11.0 Å². The van der Waals surface area contributed by atoms with Crippen LogP contribution in [-0.4, -0.2) is 35.6 Å². The second-order valence-electron chi connectivity index (χ2n) is 8.58. The molecule has 4 N–H and O–H groups in total.